The standard InChI is InChI=1S/C29H48O5/c1-6-32-29(33-7-2,34-8-3)16-15-28(31)24-18-22(24)25-21-10-9-19-17-20(30)11-13-26(19,4)23(21)12-14-27(25,28)5/h9,20-25,30-31H,6-8,10-18H2,1-5H3/t20?,21?,22-,23?,24+,25?,26+,27+,28+/m1/s1. The molecule has 0 aromatic heterocycles. The molecule has 5 aliphatic carbocycles. The molecule has 0 spiro atoms. The summed E-state index contributed by atoms with van der Waals surface area (Å²) in [7, 11) is 0. The topological polar surface area (TPSA) is 68.2 Å². The number of hydrogen-bond donors (Lipinski definition) is 2. The zero-order valence-electron chi connectivity index (χ0n) is 22.1. The minimum Gasteiger partial charge on any atom is -0.393 e. The van der Waals surface area contributed by atoms with Crippen LogP contribution in [0.3, 0.4) is 0 Å². The molecule has 0 saturated heterocycles. The molecule has 5 nitrogen and oxygen atoms in total. The third-order valence-electron chi connectivity index (χ3n) is 11.1. The molecule has 0 radical (unpaired) electrons. The van der Waals surface area contributed by atoms with Gasteiger partial charge in [0.05, 0.1) is 11.7 Å². The molecule has 5 rings (SSSR count). The number of aliphatic hydroxyl groups excluding tert-OH is 1. The third-order valence-corrected chi connectivity index (χ3v) is 11.1. The molecule has 0 aromatic rings. The van der Waals surface area contributed by atoms with Crippen LogP contribution < -0.4 is 0 Å². The largest absolute Gasteiger partial charge is 0.393 e. The highest BCUT2D eigenvalue weighted by Crippen LogP contribution is 2.77. The zero-order chi connectivity index (χ0) is 24.4. The molecule has 2 N–H and O–H groups in total. The average Bonchev–Trinajstić information content (AvgIpc) is 3.55. The van der Waals surface area contributed by atoms with Crippen LogP contribution in [0.1, 0.15) is 92.4 Å². The lowest BCUT2D eigenvalue weighted by molar-refractivity contribution is -0.383. The molecule has 9 atom stereocenters. The molecular weight excluding hydrogens is 428 g/mol. The van der Waals surface area contributed by atoms with E-state index in [9.17, 15) is 10.2 Å². The number of fused-ring (bicyclic) bond motifs is 7. The second kappa shape index (κ2) is 8.83. The van der Waals surface area contributed by atoms with Gasteiger partial charge in [-0.1, -0.05) is 25.5 Å². The Hall–Kier alpha value is -0.460. The van der Waals surface area contributed by atoms with Gasteiger partial charge in [0.25, 0.3) is 5.97 Å². The second-order valence-corrected chi connectivity index (χ2v) is 12.4. The van der Waals surface area contributed by atoms with Gasteiger partial charge < -0.3 is 24.4 Å². The van der Waals surface area contributed by atoms with Crippen LogP contribution in [-0.4, -0.2) is 47.7 Å². The van der Waals surface area contributed by atoms with Gasteiger partial charge in [0.1, 0.15) is 0 Å². The van der Waals surface area contributed by atoms with E-state index in [0.717, 1.165) is 38.5 Å². The fourth-order valence-electron chi connectivity index (χ4n) is 9.59. The summed E-state index contributed by atoms with van der Waals surface area (Å²) in [6, 6.07) is 0. The number of hydrogen-bond acceptors (Lipinski definition) is 5. The van der Waals surface area contributed by atoms with E-state index >= 15 is 0 Å². The van der Waals surface area contributed by atoms with Crippen LogP contribution in [0, 0.1) is 40.4 Å². The fraction of sp³-hybridized carbons (Fsp3) is 0.931. The van der Waals surface area contributed by atoms with Crippen molar-refractivity contribution < 1.29 is 24.4 Å². The van der Waals surface area contributed by atoms with Gasteiger partial charge in [-0.05, 0) is 113 Å². The highest BCUT2D eigenvalue weighted by Gasteiger charge is 2.75. The highest BCUT2D eigenvalue weighted by atomic mass is 16.9. The lowest BCUT2D eigenvalue weighted by Crippen LogP contribution is -2.57. The monoisotopic (exact) mass is 476 g/mol. The molecule has 5 heteroatoms. The van der Waals surface area contributed by atoms with Crippen LogP contribution in [-0.2, 0) is 14.2 Å². The first kappa shape index (κ1) is 25.2. The first-order valence-electron chi connectivity index (χ1n) is 14.2. The van der Waals surface area contributed by atoms with E-state index in [1.165, 1.54) is 12.0 Å². The van der Waals surface area contributed by atoms with Gasteiger partial charge in [-0.25, -0.2) is 0 Å². The van der Waals surface area contributed by atoms with Crippen molar-refractivity contribution in [2.45, 2.75) is 110 Å². The van der Waals surface area contributed by atoms with Crippen LogP contribution in [0.15, 0.2) is 11.6 Å². The Balaban J connectivity index is 1.39. The van der Waals surface area contributed by atoms with Crippen LogP contribution in [0.5, 0.6) is 0 Å². The fourth-order valence-corrected chi connectivity index (χ4v) is 9.59. The minimum absolute atomic E-state index is 0.0615. The van der Waals surface area contributed by atoms with Crippen molar-refractivity contribution >= 4 is 0 Å². The average molecular weight is 477 g/mol. The summed E-state index contributed by atoms with van der Waals surface area (Å²) in [6.07, 6.45) is 11.1. The van der Waals surface area contributed by atoms with Crippen molar-refractivity contribution in [3.63, 3.8) is 0 Å². The van der Waals surface area contributed by atoms with Crippen LogP contribution in [0.2, 0.25) is 0 Å². The van der Waals surface area contributed by atoms with Crippen molar-refractivity contribution in [1.82, 2.24) is 0 Å². The number of aliphatic hydroxyl groups is 2. The predicted octanol–water partition coefficient (Wildman–Crippen LogP) is 5.44. The van der Waals surface area contributed by atoms with E-state index in [1.54, 1.807) is 0 Å². The molecular formula is C29H48O5. The molecule has 4 fully saturated rings. The molecule has 194 valence electrons. The molecule has 4 unspecified atom stereocenters. The maximum absolute atomic E-state index is 12.4. The quantitative estimate of drug-likeness (QED) is 0.343. The number of allylic oxidation sites excluding steroid dienone is 1. The Bertz CT molecular complexity index is 778. The van der Waals surface area contributed by atoms with Gasteiger partial charge in [0.15, 0.2) is 0 Å². The van der Waals surface area contributed by atoms with Crippen molar-refractivity contribution in [3.05, 3.63) is 11.6 Å². The molecule has 0 aliphatic heterocycles. The SMILES string of the molecule is CCOC(CC[C@]1(O)[C@H]2C[C@H]2C2C3CC=C4CC(O)CC[C@]4(C)C3CC[C@@]21C)(OCC)OCC. The van der Waals surface area contributed by atoms with Crippen molar-refractivity contribution in [3.8, 4) is 0 Å². The lowest BCUT2D eigenvalue weighted by Gasteiger charge is -2.60. The molecule has 0 heterocycles. The van der Waals surface area contributed by atoms with E-state index in [2.05, 4.69) is 19.9 Å². The van der Waals surface area contributed by atoms with Crippen molar-refractivity contribution in [2.75, 3.05) is 19.8 Å². The van der Waals surface area contributed by atoms with Crippen LogP contribution in [0.25, 0.3) is 0 Å². The Morgan fingerprint density at radius 1 is 0.971 bits per heavy atom. The maximum Gasteiger partial charge on any atom is 0.282 e. The number of ether oxygens (including phenoxy) is 3. The van der Waals surface area contributed by atoms with Crippen LogP contribution in [0.4, 0.5) is 0 Å². The Morgan fingerprint density at radius 3 is 2.29 bits per heavy atom. The van der Waals surface area contributed by atoms with Gasteiger partial charge in [0.2, 0.25) is 0 Å². The summed E-state index contributed by atoms with van der Waals surface area (Å²) in [5.41, 5.74) is 1.01. The summed E-state index contributed by atoms with van der Waals surface area (Å²) in [5.74, 6) is 1.93. The normalized spacial score (nSPS) is 47.3. The summed E-state index contributed by atoms with van der Waals surface area (Å²) in [5, 5.41) is 22.7. The first-order chi connectivity index (χ1) is 16.2. The Labute approximate surface area is 206 Å². The van der Waals surface area contributed by atoms with E-state index in [-0.39, 0.29) is 16.9 Å². The summed E-state index contributed by atoms with van der Waals surface area (Å²) in [4.78, 5) is 0. The second-order valence-electron chi connectivity index (χ2n) is 12.4. The van der Waals surface area contributed by atoms with Gasteiger partial charge in [-0.2, -0.15) is 0 Å². The minimum atomic E-state index is -1.05. The smallest absolute Gasteiger partial charge is 0.282 e. The van der Waals surface area contributed by atoms with Crippen molar-refractivity contribution in [2.24, 2.45) is 40.4 Å². The Kier molecular flexibility index (Phi) is 6.55. The molecule has 5 aliphatic rings. The van der Waals surface area contributed by atoms with E-state index in [4.69, 9.17) is 14.2 Å². The summed E-state index contributed by atoms with van der Waals surface area (Å²) < 4.78 is 18.0. The van der Waals surface area contributed by atoms with E-state index in [1.807, 2.05) is 20.8 Å². The van der Waals surface area contributed by atoms with E-state index in [0.29, 0.717) is 62.3 Å². The molecule has 4 saturated carbocycles. The van der Waals surface area contributed by atoms with Gasteiger partial charge in [0, 0.05) is 26.2 Å². The molecule has 0 amide bonds. The lowest BCUT2D eigenvalue weighted by atomic mass is 9.45. The molecule has 34 heavy (non-hydrogen) atoms. The van der Waals surface area contributed by atoms with E-state index < -0.39 is 11.6 Å². The van der Waals surface area contributed by atoms with Crippen molar-refractivity contribution in [1.29, 1.82) is 0 Å². The Morgan fingerprint density at radius 2 is 1.65 bits per heavy atom. The summed E-state index contributed by atoms with van der Waals surface area (Å²) in [6.45, 7) is 12.4. The number of rotatable bonds is 9. The molecule has 0 aromatic carbocycles. The first-order valence-corrected chi connectivity index (χ1v) is 14.2. The van der Waals surface area contributed by atoms with Gasteiger partial charge in [-0.3, -0.25) is 0 Å². The summed E-state index contributed by atoms with van der Waals surface area (Å²) >= 11 is 0. The third kappa shape index (κ3) is 3.59. The van der Waals surface area contributed by atoms with Gasteiger partial charge in [-0.15, -0.1) is 0 Å². The predicted molar refractivity (Wildman–Crippen MR) is 132 cm³/mol. The van der Waals surface area contributed by atoms with Crippen LogP contribution >= 0.6 is 0 Å². The molecule has 0 bridgehead atoms. The van der Waals surface area contributed by atoms with Gasteiger partial charge >= 0.3 is 0 Å². The maximum atomic E-state index is 12.4. The zero-order valence-corrected chi connectivity index (χ0v) is 22.1. The highest BCUT2D eigenvalue weighted by molar-refractivity contribution is 5.30.